The van der Waals surface area contributed by atoms with Crippen molar-refractivity contribution >= 4 is 17.5 Å². The molecular formula is C12H14N2O2. The third kappa shape index (κ3) is 2.82. The maximum absolute atomic E-state index is 11.5. The van der Waals surface area contributed by atoms with Crippen LogP contribution < -0.4 is 10.6 Å². The molecule has 0 atom stereocenters. The predicted octanol–water partition coefficient (Wildman–Crippen LogP) is 1.21. The molecule has 2 rings (SSSR count). The summed E-state index contributed by atoms with van der Waals surface area (Å²) in [6.07, 6.45) is 1.95. The first-order valence-corrected chi connectivity index (χ1v) is 5.33. The van der Waals surface area contributed by atoms with Crippen LogP contribution in [0.4, 0.5) is 5.69 Å². The monoisotopic (exact) mass is 218 g/mol. The third-order valence-electron chi connectivity index (χ3n) is 2.39. The molecular weight excluding hydrogens is 204 g/mol. The van der Waals surface area contributed by atoms with E-state index in [1.165, 1.54) is 0 Å². The van der Waals surface area contributed by atoms with E-state index in [1.54, 1.807) is 6.07 Å². The van der Waals surface area contributed by atoms with Gasteiger partial charge in [-0.25, -0.2) is 0 Å². The molecule has 1 fully saturated rings. The fraction of sp³-hybridized carbons (Fsp3) is 0.333. The Morgan fingerprint density at radius 3 is 2.62 bits per heavy atom. The standard InChI is InChI=1S/C12H14N2O2/c1-8-3-2-4-10(7-8)14-12(16)11(15)13-9-5-6-9/h2-4,7,9H,5-6H2,1H3,(H,13,15)(H,14,16). The highest BCUT2D eigenvalue weighted by Crippen LogP contribution is 2.18. The molecule has 0 heterocycles. The minimum Gasteiger partial charge on any atom is -0.345 e. The molecule has 84 valence electrons. The SMILES string of the molecule is Cc1cccc(NC(=O)C(=O)NC2CC2)c1. The van der Waals surface area contributed by atoms with Crippen molar-refractivity contribution in [1.29, 1.82) is 0 Å². The van der Waals surface area contributed by atoms with Crippen molar-refractivity contribution in [2.45, 2.75) is 25.8 Å². The first-order chi connectivity index (χ1) is 7.65. The summed E-state index contributed by atoms with van der Waals surface area (Å²) in [6, 6.07) is 7.55. The van der Waals surface area contributed by atoms with Gasteiger partial charge < -0.3 is 10.6 Å². The Bertz CT molecular complexity index is 425. The molecule has 1 aromatic rings. The van der Waals surface area contributed by atoms with Crippen molar-refractivity contribution in [3.8, 4) is 0 Å². The van der Waals surface area contributed by atoms with Crippen LogP contribution in [0.15, 0.2) is 24.3 Å². The first kappa shape index (κ1) is 10.7. The van der Waals surface area contributed by atoms with E-state index in [9.17, 15) is 9.59 Å². The molecule has 0 bridgehead atoms. The molecule has 0 aliphatic heterocycles. The maximum atomic E-state index is 11.5. The minimum absolute atomic E-state index is 0.204. The summed E-state index contributed by atoms with van der Waals surface area (Å²) in [6.45, 7) is 1.93. The second kappa shape index (κ2) is 4.35. The minimum atomic E-state index is -0.600. The maximum Gasteiger partial charge on any atom is 0.313 e. The predicted molar refractivity (Wildman–Crippen MR) is 61.0 cm³/mol. The molecule has 16 heavy (non-hydrogen) atoms. The van der Waals surface area contributed by atoms with Crippen molar-refractivity contribution in [2.24, 2.45) is 0 Å². The third-order valence-corrected chi connectivity index (χ3v) is 2.39. The lowest BCUT2D eigenvalue weighted by atomic mass is 10.2. The molecule has 0 saturated heterocycles. The number of rotatable bonds is 2. The number of anilines is 1. The van der Waals surface area contributed by atoms with E-state index in [4.69, 9.17) is 0 Å². The molecule has 1 aromatic carbocycles. The van der Waals surface area contributed by atoms with Crippen LogP contribution in [0.3, 0.4) is 0 Å². The van der Waals surface area contributed by atoms with Crippen LogP contribution in [-0.2, 0) is 9.59 Å². The fourth-order valence-electron chi connectivity index (χ4n) is 1.39. The summed E-state index contributed by atoms with van der Waals surface area (Å²) in [4.78, 5) is 22.8. The summed E-state index contributed by atoms with van der Waals surface area (Å²) >= 11 is 0. The van der Waals surface area contributed by atoms with Gasteiger partial charge in [-0.1, -0.05) is 12.1 Å². The van der Waals surface area contributed by atoms with Crippen LogP contribution in [-0.4, -0.2) is 17.9 Å². The highest BCUT2D eigenvalue weighted by Gasteiger charge is 2.26. The van der Waals surface area contributed by atoms with Gasteiger partial charge >= 0.3 is 11.8 Å². The lowest BCUT2D eigenvalue weighted by Crippen LogP contribution is -2.36. The number of aryl methyl sites for hydroxylation is 1. The number of carbonyl (C=O) groups is 2. The molecule has 2 N–H and O–H groups in total. The zero-order valence-corrected chi connectivity index (χ0v) is 9.12. The quantitative estimate of drug-likeness (QED) is 0.733. The highest BCUT2D eigenvalue weighted by atomic mass is 16.2. The molecule has 4 heteroatoms. The lowest BCUT2D eigenvalue weighted by molar-refractivity contribution is -0.136. The topological polar surface area (TPSA) is 58.2 Å². The van der Waals surface area contributed by atoms with Crippen LogP contribution in [0.25, 0.3) is 0 Å². The van der Waals surface area contributed by atoms with Gasteiger partial charge in [0.2, 0.25) is 0 Å². The van der Waals surface area contributed by atoms with E-state index in [-0.39, 0.29) is 6.04 Å². The summed E-state index contributed by atoms with van der Waals surface area (Å²) in [5.74, 6) is -1.15. The lowest BCUT2D eigenvalue weighted by Gasteiger charge is -2.05. The summed E-state index contributed by atoms with van der Waals surface area (Å²) < 4.78 is 0. The van der Waals surface area contributed by atoms with Gasteiger partial charge in [-0.05, 0) is 37.5 Å². The molecule has 2 amide bonds. The molecule has 1 aliphatic rings. The fourth-order valence-corrected chi connectivity index (χ4v) is 1.39. The first-order valence-electron chi connectivity index (χ1n) is 5.33. The van der Waals surface area contributed by atoms with E-state index in [2.05, 4.69) is 10.6 Å². The largest absolute Gasteiger partial charge is 0.345 e. The van der Waals surface area contributed by atoms with E-state index in [0.29, 0.717) is 5.69 Å². The van der Waals surface area contributed by atoms with Gasteiger partial charge in [-0.15, -0.1) is 0 Å². The van der Waals surface area contributed by atoms with E-state index >= 15 is 0 Å². The molecule has 1 aliphatic carbocycles. The number of amides is 2. The highest BCUT2D eigenvalue weighted by molar-refractivity contribution is 6.39. The molecule has 0 unspecified atom stereocenters. The number of benzene rings is 1. The van der Waals surface area contributed by atoms with Gasteiger partial charge in [0.25, 0.3) is 0 Å². The number of hydrogen-bond donors (Lipinski definition) is 2. The summed E-state index contributed by atoms with van der Waals surface area (Å²) in [5.41, 5.74) is 1.69. The van der Waals surface area contributed by atoms with Crippen molar-refractivity contribution < 1.29 is 9.59 Å². The zero-order valence-electron chi connectivity index (χ0n) is 9.12. The van der Waals surface area contributed by atoms with Gasteiger partial charge in [-0.2, -0.15) is 0 Å². The average molecular weight is 218 g/mol. The Labute approximate surface area is 94.0 Å². The van der Waals surface area contributed by atoms with E-state index in [0.717, 1.165) is 18.4 Å². The Morgan fingerprint density at radius 2 is 2.00 bits per heavy atom. The van der Waals surface area contributed by atoms with E-state index in [1.807, 2.05) is 25.1 Å². The van der Waals surface area contributed by atoms with Gasteiger partial charge in [0, 0.05) is 11.7 Å². The van der Waals surface area contributed by atoms with Gasteiger partial charge in [0.05, 0.1) is 0 Å². The Kier molecular flexibility index (Phi) is 2.90. The number of carbonyl (C=O) groups excluding carboxylic acids is 2. The van der Waals surface area contributed by atoms with Gasteiger partial charge in [-0.3, -0.25) is 9.59 Å². The van der Waals surface area contributed by atoms with Gasteiger partial charge in [0.15, 0.2) is 0 Å². The normalized spacial score (nSPS) is 14.3. The van der Waals surface area contributed by atoms with E-state index < -0.39 is 11.8 Å². The molecule has 0 radical (unpaired) electrons. The number of hydrogen-bond acceptors (Lipinski definition) is 2. The van der Waals surface area contributed by atoms with Crippen LogP contribution >= 0.6 is 0 Å². The second-order valence-corrected chi connectivity index (χ2v) is 4.07. The van der Waals surface area contributed by atoms with Crippen molar-refractivity contribution in [3.05, 3.63) is 29.8 Å². The van der Waals surface area contributed by atoms with Crippen LogP contribution in [0.5, 0.6) is 0 Å². The van der Waals surface area contributed by atoms with Crippen LogP contribution in [0, 0.1) is 6.92 Å². The Morgan fingerprint density at radius 1 is 1.25 bits per heavy atom. The van der Waals surface area contributed by atoms with Crippen LogP contribution in [0.1, 0.15) is 18.4 Å². The molecule has 0 spiro atoms. The second-order valence-electron chi connectivity index (χ2n) is 4.07. The summed E-state index contributed by atoms with van der Waals surface area (Å²) in [7, 11) is 0. The van der Waals surface area contributed by atoms with Crippen LogP contribution in [0.2, 0.25) is 0 Å². The van der Waals surface area contributed by atoms with Crippen molar-refractivity contribution in [1.82, 2.24) is 5.32 Å². The number of nitrogens with one attached hydrogen (secondary N) is 2. The zero-order chi connectivity index (χ0) is 11.5. The Hall–Kier alpha value is -1.84. The average Bonchev–Trinajstić information content (AvgIpc) is 3.01. The van der Waals surface area contributed by atoms with Gasteiger partial charge in [0.1, 0.15) is 0 Å². The molecule has 0 aromatic heterocycles. The van der Waals surface area contributed by atoms with Crippen molar-refractivity contribution in [3.63, 3.8) is 0 Å². The molecule has 1 saturated carbocycles. The smallest absolute Gasteiger partial charge is 0.313 e. The molecule has 4 nitrogen and oxygen atoms in total. The Balaban J connectivity index is 1.93. The summed E-state index contributed by atoms with van der Waals surface area (Å²) in [5, 5.41) is 5.20. The van der Waals surface area contributed by atoms with Crippen molar-refractivity contribution in [2.75, 3.05) is 5.32 Å².